The fraction of sp³-hybridized carbons (Fsp3) is 1.00. The molecule has 2 rings (SSSR count). The van der Waals surface area contributed by atoms with Crippen molar-refractivity contribution in [1.29, 1.82) is 0 Å². The maximum Gasteiger partial charge on any atom is 0.0193 e. The van der Waals surface area contributed by atoms with E-state index in [-0.39, 0.29) is 0 Å². The summed E-state index contributed by atoms with van der Waals surface area (Å²) in [6.45, 7) is 4.76. The highest BCUT2D eigenvalue weighted by atomic mass is 32.2. The summed E-state index contributed by atoms with van der Waals surface area (Å²) in [4.78, 5) is 0. The lowest BCUT2D eigenvalue weighted by Crippen LogP contribution is -2.42. The Morgan fingerprint density at radius 2 is 2.38 bits per heavy atom. The first-order valence-electron chi connectivity index (χ1n) is 5.41. The summed E-state index contributed by atoms with van der Waals surface area (Å²) in [6, 6.07) is 1.52. The summed E-state index contributed by atoms with van der Waals surface area (Å²) < 4.78 is 0. The third-order valence-corrected chi connectivity index (χ3v) is 4.51. The van der Waals surface area contributed by atoms with Gasteiger partial charge in [0.1, 0.15) is 0 Å². The van der Waals surface area contributed by atoms with E-state index in [1.165, 1.54) is 37.4 Å². The average molecular weight is 200 g/mol. The largest absolute Gasteiger partial charge is 0.313 e. The topological polar surface area (TPSA) is 24.1 Å². The quantitative estimate of drug-likeness (QED) is 0.713. The zero-order chi connectivity index (χ0) is 9.10. The molecule has 76 valence electrons. The smallest absolute Gasteiger partial charge is 0.0193 e. The number of hydrogen-bond donors (Lipinski definition) is 2. The van der Waals surface area contributed by atoms with Gasteiger partial charge in [-0.1, -0.05) is 6.92 Å². The standard InChI is InChI=1S/C10H20N2S/c1-8-6-13-7-10(8)12-5-9-3-2-4-11-9/h8-12H,2-7H2,1H3. The molecule has 3 unspecified atom stereocenters. The molecule has 13 heavy (non-hydrogen) atoms. The van der Waals surface area contributed by atoms with Crippen LogP contribution in [-0.4, -0.2) is 36.7 Å². The van der Waals surface area contributed by atoms with Crippen molar-refractivity contribution >= 4 is 11.8 Å². The Labute approximate surface area is 85.2 Å². The van der Waals surface area contributed by atoms with E-state index < -0.39 is 0 Å². The molecule has 2 aliphatic heterocycles. The first-order chi connectivity index (χ1) is 6.36. The highest BCUT2D eigenvalue weighted by Crippen LogP contribution is 2.23. The van der Waals surface area contributed by atoms with Crippen molar-refractivity contribution in [2.75, 3.05) is 24.6 Å². The predicted octanol–water partition coefficient (Wildman–Crippen LogP) is 1.08. The van der Waals surface area contributed by atoms with E-state index in [2.05, 4.69) is 29.3 Å². The summed E-state index contributed by atoms with van der Waals surface area (Å²) in [5.41, 5.74) is 0. The molecule has 2 heterocycles. The van der Waals surface area contributed by atoms with E-state index in [9.17, 15) is 0 Å². The van der Waals surface area contributed by atoms with Crippen molar-refractivity contribution in [3.05, 3.63) is 0 Å². The summed E-state index contributed by atoms with van der Waals surface area (Å²) in [5.74, 6) is 3.52. The SMILES string of the molecule is CC1CSCC1NCC1CCCN1. The lowest BCUT2D eigenvalue weighted by molar-refractivity contribution is 0.422. The fourth-order valence-electron chi connectivity index (χ4n) is 2.15. The van der Waals surface area contributed by atoms with E-state index in [0.29, 0.717) is 0 Å². The van der Waals surface area contributed by atoms with E-state index in [1.807, 2.05) is 0 Å². The molecular formula is C10H20N2S. The van der Waals surface area contributed by atoms with Crippen LogP contribution in [0.1, 0.15) is 19.8 Å². The predicted molar refractivity (Wildman–Crippen MR) is 59.3 cm³/mol. The second-order valence-electron chi connectivity index (χ2n) is 4.32. The van der Waals surface area contributed by atoms with Crippen molar-refractivity contribution in [3.8, 4) is 0 Å². The molecule has 3 atom stereocenters. The second kappa shape index (κ2) is 4.67. The first-order valence-corrected chi connectivity index (χ1v) is 6.56. The van der Waals surface area contributed by atoms with Gasteiger partial charge in [0.05, 0.1) is 0 Å². The summed E-state index contributed by atoms with van der Waals surface area (Å²) in [5, 5.41) is 7.22. The Balaban J connectivity index is 1.66. The molecule has 2 fully saturated rings. The minimum atomic E-state index is 0.748. The normalized spacial score (nSPS) is 39.9. The van der Waals surface area contributed by atoms with Gasteiger partial charge < -0.3 is 10.6 Å². The first kappa shape index (κ1) is 9.81. The van der Waals surface area contributed by atoms with Crippen molar-refractivity contribution in [2.45, 2.75) is 31.8 Å². The summed E-state index contributed by atoms with van der Waals surface area (Å²) in [6.07, 6.45) is 2.72. The Hall–Kier alpha value is 0.270. The van der Waals surface area contributed by atoms with E-state index in [1.54, 1.807) is 0 Å². The van der Waals surface area contributed by atoms with Crippen LogP contribution in [0.3, 0.4) is 0 Å². The number of nitrogens with one attached hydrogen (secondary N) is 2. The zero-order valence-corrected chi connectivity index (χ0v) is 9.20. The molecule has 2 saturated heterocycles. The Morgan fingerprint density at radius 1 is 1.46 bits per heavy atom. The highest BCUT2D eigenvalue weighted by molar-refractivity contribution is 7.99. The van der Waals surface area contributed by atoms with E-state index in [4.69, 9.17) is 0 Å². The summed E-state index contributed by atoms with van der Waals surface area (Å²) >= 11 is 2.09. The van der Waals surface area contributed by atoms with Crippen LogP contribution in [0.5, 0.6) is 0 Å². The van der Waals surface area contributed by atoms with Gasteiger partial charge in [0, 0.05) is 24.4 Å². The van der Waals surface area contributed by atoms with Crippen LogP contribution in [0.2, 0.25) is 0 Å². The van der Waals surface area contributed by atoms with E-state index >= 15 is 0 Å². The molecule has 2 aliphatic rings. The fourth-order valence-corrected chi connectivity index (χ4v) is 3.59. The van der Waals surface area contributed by atoms with Crippen LogP contribution in [-0.2, 0) is 0 Å². The Morgan fingerprint density at radius 3 is 3.00 bits per heavy atom. The molecule has 0 radical (unpaired) electrons. The molecule has 0 bridgehead atoms. The highest BCUT2D eigenvalue weighted by Gasteiger charge is 2.24. The molecule has 0 aromatic carbocycles. The van der Waals surface area contributed by atoms with Gasteiger partial charge in [-0.05, 0) is 31.1 Å². The van der Waals surface area contributed by atoms with Crippen LogP contribution in [0, 0.1) is 5.92 Å². The monoisotopic (exact) mass is 200 g/mol. The van der Waals surface area contributed by atoms with Crippen molar-refractivity contribution in [1.82, 2.24) is 10.6 Å². The number of hydrogen-bond acceptors (Lipinski definition) is 3. The lowest BCUT2D eigenvalue weighted by atomic mass is 10.1. The minimum Gasteiger partial charge on any atom is -0.313 e. The van der Waals surface area contributed by atoms with Gasteiger partial charge in [0.15, 0.2) is 0 Å². The molecular weight excluding hydrogens is 180 g/mol. The van der Waals surface area contributed by atoms with Gasteiger partial charge in [-0.25, -0.2) is 0 Å². The van der Waals surface area contributed by atoms with Gasteiger partial charge >= 0.3 is 0 Å². The molecule has 0 aliphatic carbocycles. The average Bonchev–Trinajstić information content (AvgIpc) is 2.72. The van der Waals surface area contributed by atoms with Crippen LogP contribution in [0.25, 0.3) is 0 Å². The third kappa shape index (κ3) is 2.61. The number of rotatable bonds is 3. The van der Waals surface area contributed by atoms with Crippen molar-refractivity contribution < 1.29 is 0 Å². The van der Waals surface area contributed by atoms with Crippen molar-refractivity contribution in [2.24, 2.45) is 5.92 Å². The van der Waals surface area contributed by atoms with Crippen LogP contribution < -0.4 is 10.6 Å². The van der Waals surface area contributed by atoms with Crippen molar-refractivity contribution in [3.63, 3.8) is 0 Å². The Bertz CT molecular complexity index is 157. The molecule has 0 spiro atoms. The Kier molecular flexibility index (Phi) is 3.52. The molecule has 3 heteroatoms. The minimum absolute atomic E-state index is 0.748. The zero-order valence-electron chi connectivity index (χ0n) is 8.38. The molecule has 2 N–H and O–H groups in total. The third-order valence-electron chi connectivity index (χ3n) is 3.15. The van der Waals surface area contributed by atoms with Gasteiger partial charge in [-0.3, -0.25) is 0 Å². The number of thioether (sulfide) groups is 1. The lowest BCUT2D eigenvalue weighted by Gasteiger charge is -2.19. The maximum absolute atomic E-state index is 3.69. The molecule has 0 aromatic heterocycles. The van der Waals surface area contributed by atoms with Gasteiger partial charge in [-0.2, -0.15) is 11.8 Å². The molecule has 2 nitrogen and oxygen atoms in total. The molecule has 0 aromatic rings. The molecule has 0 saturated carbocycles. The van der Waals surface area contributed by atoms with Crippen LogP contribution in [0.15, 0.2) is 0 Å². The van der Waals surface area contributed by atoms with Gasteiger partial charge in [0.2, 0.25) is 0 Å². The van der Waals surface area contributed by atoms with Gasteiger partial charge in [-0.15, -0.1) is 0 Å². The van der Waals surface area contributed by atoms with Gasteiger partial charge in [0.25, 0.3) is 0 Å². The molecule has 0 amide bonds. The maximum atomic E-state index is 3.69. The van der Waals surface area contributed by atoms with Crippen LogP contribution in [0.4, 0.5) is 0 Å². The van der Waals surface area contributed by atoms with E-state index in [0.717, 1.165) is 18.0 Å². The summed E-state index contributed by atoms with van der Waals surface area (Å²) in [7, 11) is 0. The van der Waals surface area contributed by atoms with Crippen LogP contribution >= 0.6 is 11.8 Å². The second-order valence-corrected chi connectivity index (χ2v) is 5.40.